The molecule has 0 saturated heterocycles. The first-order valence-electron chi connectivity index (χ1n) is 10.5. The Morgan fingerprint density at radius 3 is 1.28 bits per heavy atom. The van der Waals surface area contributed by atoms with Gasteiger partial charge in [0.15, 0.2) is 0 Å². The van der Waals surface area contributed by atoms with Gasteiger partial charge >= 0.3 is 0 Å². The number of hydrogen-bond acceptors (Lipinski definition) is 5. The molecular weight excluding hydrogens is 368 g/mol. The molecular formula is C24H34O5. The van der Waals surface area contributed by atoms with Crippen LogP contribution >= 0.6 is 0 Å². The largest absolute Gasteiger partial charge is 0.491 e. The fraction of sp³-hybridized carbons (Fsp3) is 0.500. The van der Waals surface area contributed by atoms with Gasteiger partial charge in [0.2, 0.25) is 0 Å². The highest BCUT2D eigenvalue weighted by atomic mass is 16.5. The second-order valence-corrected chi connectivity index (χ2v) is 6.49. The first-order valence-corrected chi connectivity index (χ1v) is 10.5. The Kier molecular flexibility index (Phi) is 11.9. The third kappa shape index (κ3) is 10.3. The third-order valence-corrected chi connectivity index (χ3v) is 4.32. The minimum atomic E-state index is 0.521. The molecule has 0 spiro atoms. The molecule has 5 heteroatoms. The fourth-order valence-corrected chi connectivity index (χ4v) is 2.71. The molecule has 0 saturated carbocycles. The summed E-state index contributed by atoms with van der Waals surface area (Å²) in [5.74, 6) is 1.71. The van der Waals surface area contributed by atoms with E-state index in [1.165, 1.54) is 11.1 Å². The molecule has 2 rings (SSSR count). The molecule has 0 aliphatic carbocycles. The molecule has 0 bridgehead atoms. The summed E-state index contributed by atoms with van der Waals surface area (Å²) in [6.45, 7) is 9.15. The summed E-state index contributed by atoms with van der Waals surface area (Å²) in [7, 11) is 0. The molecule has 2 aromatic rings. The molecule has 0 aromatic heterocycles. The van der Waals surface area contributed by atoms with Gasteiger partial charge in [-0.3, -0.25) is 0 Å². The summed E-state index contributed by atoms with van der Waals surface area (Å²) in [6, 6.07) is 16.3. The standard InChI is InChI=1S/C24H34O5/c1-3-25-15-13-21-5-9-23(10-6-21)28-19-17-27-18-20-29-24-11-7-22(8-12-24)14-16-26-4-2/h5-12H,3-4,13-20H2,1-2H3. The van der Waals surface area contributed by atoms with Gasteiger partial charge in [0, 0.05) is 13.2 Å². The zero-order chi connectivity index (χ0) is 20.6. The quantitative estimate of drug-likeness (QED) is 0.391. The Bertz CT molecular complexity index is 582. The second-order valence-electron chi connectivity index (χ2n) is 6.49. The summed E-state index contributed by atoms with van der Waals surface area (Å²) in [6.07, 6.45) is 1.85. The Morgan fingerprint density at radius 1 is 0.483 bits per heavy atom. The fourth-order valence-electron chi connectivity index (χ4n) is 2.71. The van der Waals surface area contributed by atoms with Crippen molar-refractivity contribution < 1.29 is 23.7 Å². The van der Waals surface area contributed by atoms with Crippen LogP contribution in [0.2, 0.25) is 0 Å². The zero-order valence-corrected chi connectivity index (χ0v) is 17.7. The van der Waals surface area contributed by atoms with Gasteiger partial charge in [-0.1, -0.05) is 24.3 Å². The number of hydrogen-bond donors (Lipinski definition) is 0. The summed E-state index contributed by atoms with van der Waals surface area (Å²) >= 11 is 0. The molecule has 0 N–H and O–H groups in total. The highest BCUT2D eigenvalue weighted by Crippen LogP contribution is 2.13. The van der Waals surface area contributed by atoms with Crippen LogP contribution in [0.3, 0.4) is 0 Å². The molecule has 0 fully saturated rings. The number of rotatable bonds is 16. The van der Waals surface area contributed by atoms with Crippen LogP contribution in [0, 0.1) is 0 Å². The van der Waals surface area contributed by atoms with Gasteiger partial charge in [0.25, 0.3) is 0 Å². The molecule has 0 aliphatic rings. The molecule has 5 nitrogen and oxygen atoms in total. The maximum Gasteiger partial charge on any atom is 0.119 e. The normalized spacial score (nSPS) is 10.8. The molecule has 160 valence electrons. The van der Waals surface area contributed by atoms with Gasteiger partial charge in [-0.25, -0.2) is 0 Å². The van der Waals surface area contributed by atoms with E-state index in [4.69, 9.17) is 23.7 Å². The molecule has 0 heterocycles. The van der Waals surface area contributed by atoms with E-state index in [0.29, 0.717) is 26.4 Å². The highest BCUT2D eigenvalue weighted by Gasteiger charge is 1.99. The van der Waals surface area contributed by atoms with Gasteiger partial charge in [-0.15, -0.1) is 0 Å². The predicted molar refractivity (Wildman–Crippen MR) is 115 cm³/mol. The summed E-state index contributed by atoms with van der Waals surface area (Å²) in [4.78, 5) is 0. The predicted octanol–water partition coefficient (Wildman–Crippen LogP) is 4.32. The maximum atomic E-state index is 5.70. The maximum absolute atomic E-state index is 5.70. The molecule has 29 heavy (non-hydrogen) atoms. The smallest absolute Gasteiger partial charge is 0.119 e. The van der Waals surface area contributed by atoms with Crippen molar-refractivity contribution in [2.45, 2.75) is 26.7 Å². The third-order valence-electron chi connectivity index (χ3n) is 4.32. The lowest BCUT2D eigenvalue weighted by Gasteiger charge is -2.10. The topological polar surface area (TPSA) is 46.2 Å². The first kappa shape index (κ1) is 23.2. The van der Waals surface area contributed by atoms with Crippen molar-refractivity contribution in [2.24, 2.45) is 0 Å². The average molecular weight is 403 g/mol. The van der Waals surface area contributed by atoms with E-state index in [2.05, 4.69) is 24.3 Å². The van der Waals surface area contributed by atoms with Crippen molar-refractivity contribution in [3.8, 4) is 11.5 Å². The van der Waals surface area contributed by atoms with Gasteiger partial charge in [-0.2, -0.15) is 0 Å². The van der Waals surface area contributed by atoms with E-state index in [1.807, 2.05) is 38.1 Å². The Hall–Kier alpha value is -2.08. The van der Waals surface area contributed by atoms with Crippen LogP contribution in [0.4, 0.5) is 0 Å². The lowest BCUT2D eigenvalue weighted by molar-refractivity contribution is 0.0764. The molecule has 0 unspecified atom stereocenters. The summed E-state index contributed by atoms with van der Waals surface area (Å²) < 4.78 is 27.7. The zero-order valence-electron chi connectivity index (χ0n) is 17.7. The van der Waals surface area contributed by atoms with Crippen molar-refractivity contribution in [1.29, 1.82) is 0 Å². The Balaban J connectivity index is 1.50. The van der Waals surface area contributed by atoms with Crippen molar-refractivity contribution in [3.63, 3.8) is 0 Å². The highest BCUT2D eigenvalue weighted by molar-refractivity contribution is 5.28. The Morgan fingerprint density at radius 2 is 0.897 bits per heavy atom. The van der Waals surface area contributed by atoms with Crippen molar-refractivity contribution in [2.75, 3.05) is 52.9 Å². The molecule has 2 aromatic carbocycles. The molecule has 0 radical (unpaired) electrons. The van der Waals surface area contributed by atoms with Crippen molar-refractivity contribution >= 4 is 0 Å². The van der Waals surface area contributed by atoms with E-state index in [0.717, 1.165) is 50.8 Å². The van der Waals surface area contributed by atoms with Crippen LogP contribution in [0.15, 0.2) is 48.5 Å². The first-order chi connectivity index (χ1) is 14.3. The average Bonchev–Trinajstić information content (AvgIpc) is 2.75. The Labute approximate surface area is 174 Å². The second kappa shape index (κ2) is 14.9. The van der Waals surface area contributed by atoms with Gasteiger partial charge in [-0.05, 0) is 62.1 Å². The SMILES string of the molecule is CCOCCc1ccc(OCCOCCOc2ccc(CCOCC)cc2)cc1. The summed E-state index contributed by atoms with van der Waals surface area (Å²) in [5.41, 5.74) is 2.50. The van der Waals surface area contributed by atoms with E-state index < -0.39 is 0 Å². The minimum Gasteiger partial charge on any atom is -0.491 e. The van der Waals surface area contributed by atoms with Crippen LogP contribution in [0.1, 0.15) is 25.0 Å². The van der Waals surface area contributed by atoms with Crippen molar-refractivity contribution in [3.05, 3.63) is 59.7 Å². The lowest BCUT2D eigenvalue weighted by Crippen LogP contribution is -2.12. The number of benzene rings is 2. The minimum absolute atomic E-state index is 0.521. The lowest BCUT2D eigenvalue weighted by atomic mass is 10.1. The molecule has 0 amide bonds. The molecule has 0 atom stereocenters. The molecule has 0 aliphatic heterocycles. The van der Waals surface area contributed by atoms with Gasteiger partial charge in [0.1, 0.15) is 24.7 Å². The van der Waals surface area contributed by atoms with E-state index in [9.17, 15) is 0 Å². The van der Waals surface area contributed by atoms with E-state index >= 15 is 0 Å². The van der Waals surface area contributed by atoms with Crippen LogP contribution in [0.25, 0.3) is 0 Å². The van der Waals surface area contributed by atoms with Crippen LogP contribution < -0.4 is 9.47 Å². The monoisotopic (exact) mass is 402 g/mol. The van der Waals surface area contributed by atoms with Crippen LogP contribution in [-0.4, -0.2) is 52.9 Å². The van der Waals surface area contributed by atoms with Crippen molar-refractivity contribution in [1.82, 2.24) is 0 Å². The van der Waals surface area contributed by atoms with Crippen LogP contribution in [0.5, 0.6) is 11.5 Å². The van der Waals surface area contributed by atoms with Crippen LogP contribution in [-0.2, 0) is 27.1 Å². The number of ether oxygens (including phenoxy) is 5. The van der Waals surface area contributed by atoms with E-state index in [1.54, 1.807) is 0 Å². The van der Waals surface area contributed by atoms with E-state index in [-0.39, 0.29) is 0 Å². The van der Waals surface area contributed by atoms with Gasteiger partial charge in [0.05, 0.1) is 26.4 Å². The van der Waals surface area contributed by atoms with Gasteiger partial charge < -0.3 is 23.7 Å². The summed E-state index contributed by atoms with van der Waals surface area (Å²) in [5, 5.41) is 0.